The summed E-state index contributed by atoms with van der Waals surface area (Å²) in [6, 6.07) is 22.3. The number of hydrazone groups is 1. The summed E-state index contributed by atoms with van der Waals surface area (Å²) in [5, 5.41) is 8.31. The molecule has 3 heterocycles. The van der Waals surface area contributed by atoms with Crippen LogP contribution < -0.4 is 15.2 Å². The molecule has 186 valence electrons. The number of carbonyl (C=O) groups excluding carboxylic acids is 3. The third-order valence-corrected chi connectivity index (χ3v) is 6.22. The van der Waals surface area contributed by atoms with E-state index in [4.69, 9.17) is 0 Å². The molecule has 0 unspecified atom stereocenters. The quantitative estimate of drug-likeness (QED) is 0.442. The van der Waals surface area contributed by atoms with E-state index in [2.05, 4.69) is 15.4 Å². The minimum atomic E-state index is -0.404. The maximum Gasteiger partial charge on any atom is 0.258 e. The number of para-hydroxylation sites is 1. The first-order valence-electron chi connectivity index (χ1n) is 12.0. The van der Waals surface area contributed by atoms with Crippen LogP contribution in [0.1, 0.15) is 34.5 Å². The smallest absolute Gasteiger partial charge is 0.258 e. The first-order valence-corrected chi connectivity index (χ1v) is 12.0. The first kappa shape index (κ1) is 23.9. The molecule has 1 N–H and O–H groups in total. The van der Waals surface area contributed by atoms with Crippen LogP contribution in [0.2, 0.25) is 0 Å². The van der Waals surface area contributed by atoms with Gasteiger partial charge in [-0.3, -0.25) is 23.7 Å². The zero-order valence-corrected chi connectivity index (χ0v) is 20.6. The Bertz CT molecular complexity index is 1510. The van der Waals surface area contributed by atoms with Gasteiger partial charge in [0.15, 0.2) is 0 Å². The van der Waals surface area contributed by atoms with Gasteiger partial charge >= 0.3 is 0 Å². The second kappa shape index (κ2) is 10.1. The fourth-order valence-corrected chi connectivity index (χ4v) is 4.34. The fourth-order valence-electron chi connectivity index (χ4n) is 4.34. The minimum Gasteiger partial charge on any atom is -0.308 e. The summed E-state index contributed by atoms with van der Waals surface area (Å²) in [5.74, 6) is 0.197. The summed E-state index contributed by atoms with van der Waals surface area (Å²) in [4.78, 5) is 44.6. The van der Waals surface area contributed by atoms with Gasteiger partial charge in [0, 0.05) is 19.7 Å². The van der Waals surface area contributed by atoms with E-state index in [0.717, 1.165) is 5.56 Å². The molecule has 37 heavy (non-hydrogen) atoms. The molecule has 5 rings (SSSR count). The molecular weight excluding hydrogens is 468 g/mol. The Balaban J connectivity index is 1.34. The highest BCUT2D eigenvalue weighted by molar-refractivity contribution is 6.17. The highest BCUT2D eigenvalue weighted by Gasteiger charge is 2.27. The van der Waals surface area contributed by atoms with E-state index in [9.17, 15) is 14.4 Å². The van der Waals surface area contributed by atoms with Crippen LogP contribution in [0.3, 0.4) is 0 Å². The number of amides is 3. The molecular formula is C28H26N6O3. The van der Waals surface area contributed by atoms with Gasteiger partial charge in [0.05, 0.1) is 23.4 Å². The van der Waals surface area contributed by atoms with Gasteiger partial charge in [0.2, 0.25) is 5.91 Å². The minimum absolute atomic E-state index is 0.00301. The van der Waals surface area contributed by atoms with Crippen molar-refractivity contribution in [1.29, 1.82) is 0 Å². The van der Waals surface area contributed by atoms with Crippen LogP contribution in [-0.2, 0) is 16.0 Å². The average molecular weight is 495 g/mol. The third kappa shape index (κ3) is 4.97. The number of aryl methyl sites for hydroxylation is 2. The normalized spacial score (nSPS) is 13.1. The number of carbonyl (C=O) groups is 3. The van der Waals surface area contributed by atoms with Crippen molar-refractivity contribution in [3.8, 4) is 0 Å². The van der Waals surface area contributed by atoms with Crippen molar-refractivity contribution in [2.75, 3.05) is 17.0 Å². The largest absolute Gasteiger partial charge is 0.308 e. The van der Waals surface area contributed by atoms with Gasteiger partial charge in [-0.05, 0) is 43.2 Å². The number of fused-ring (bicyclic) bond motifs is 1. The van der Waals surface area contributed by atoms with Crippen LogP contribution in [-0.4, -0.2) is 40.0 Å². The van der Waals surface area contributed by atoms with E-state index in [1.54, 1.807) is 46.8 Å². The number of aromatic nitrogens is 2. The number of amidine groups is 1. The number of nitrogens with one attached hydrogen (secondary N) is 1. The third-order valence-electron chi connectivity index (χ3n) is 6.22. The SMILES string of the molecule is Cc1nc2ccc(C(=O)NC3=NN(c4ccccc4)C(=O)C3)cn2c1N(C)C(=O)CCc1ccccc1. The highest BCUT2D eigenvalue weighted by atomic mass is 16.2. The van der Waals surface area contributed by atoms with Crippen LogP contribution in [0.25, 0.3) is 5.65 Å². The molecule has 4 aromatic rings. The lowest BCUT2D eigenvalue weighted by molar-refractivity contribution is -0.118. The summed E-state index contributed by atoms with van der Waals surface area (Å²) in [6.45, 7) is 1.83. The second-order valence-electron chi connectivity index (χ2n) is 8.82. The molecule has 9 heteroatoms. The Morgan fingerprint density at radius 2 is 1.70 bits per heavy atom. The number of imidazole rings is 1. The summed E-state index contributed by atoms with van der Waals surface area (Å²) in [5.41, 5.74) is 3.38. The van der Waals surface area contributed by atoms with Gasteiger partial charge in [-0.2, -0.15) is 10.1 Å². The molecule has 1 aliphatic heterocycles. The highest BCUT2D eigenvalue weighted by Crippen LogP contribution is 2.23. The van der Waals surface area contributed by atoms with E-state index in [-0.39, 0.29) is 24.1 Å². The number of pyridine rings is 1. The topological polar surface area (TPSA) is 99.4 Å². The maximum absolute atomic E-state index is 13.0. The Kier molecular flexibility index (Phi) is 6.51. The molecule has 0 atom stereocenters. The van der Waals surface area contributed by atoms with Crippen LogP contribution in [0.4, 0.5) is 11.5 Å². The van der Waals surface area contributed by atoms with Gasteiger partial charge in [-0.1, -0.05) is 48.5 Å². The molecule has 0 saturated heterocycles. The molecule has 9 nitrogen and oxygen atoms in total. The van der Waals surface area contributed by atoms with Crippen molar-refractivity contribution in [3.05, 3.63) is 95.8 Å². The van der Waals surface area contributed by atoms with Crippen molar-refractivity contribution in [3.63, 3.8) is 0 Å². The number of anilines is 2. The second-order valence-corrected chi connectivity index (χ2v) is 8.82. The lowest BCUT2D eigenvalue weighted by atomic mass is 10.1. The van der Waals surface area contributed by atoms with Crippen molar-refractivity contribution >= 4 is 40.7 Å². The standard InChI is InChI=1S/C28H26N6O3/c1-19-28(32(2)25(35)16-13-20-9-5-3-6-10-20)33-18-21(14-15-24(33)29-19)27(37)30-23-17-26(36)34(31-23)22-11-7-4-8-12-22/h3-12,14-15,18H,13,16-17H2,1-2H3,(H,30,31,37). The van der Waals surface area contributed by atoms with Crippen molar-refractivity contribution < 1.29 is 14.4 Å². The molecule has 0 bridgehead atoms. The van der Waals surface area contributed by atoms with Crippen LogP contribution >= 0.6 is 0 Å². The zero-order valence-electron chi connectivity index (χ0n) is 20.6. The number of nitrogens with zero attached hydrogens (tertiary/aromatic N) is 5. The van der Waals surface area contributed by atoms with Crippen molar-refractivity contribution in [1.82, 2.24) is 14.7 Å². The Hall–Kier alpha value is -4.79. The maximum atomic E-state index is 13.0. The van der Waals surface area contributed by atoms with Crippen LogP contribution in [0.5, 0.6) is 0 Å². The summed E-state index contributed by atoms with van der Waals surface area (Å²) in [7, 11) is 1.72. The molecule has 0 spiro atoms. The lowest BCUT2D eigenvalue weighted by Crippen LogP contribution is -2.30. The lowest BCUT2D eigenvalue weighted by Gasteiger charge is -2.18. The van der Waals surface area contributed by atoms with Crippen molar-refractivity contribution in [2.45, 2.75) is 26.2 Å². The summed E-state index contributed by atoms with van der Waals surface area (Å²) < 4.78 is 1.74. The van der Waals surface area contributed by atoms with E-state index in [0.29, 0.717) is 41.3 Å². The fraction of sp³-hybridized carbons (Fsp3) is 0.179. The van der Waals surface area contributed by atoms with Gasteiger partial charge < -0.3 is 5.32 Å². The molecule has 0 aliphatic carbocycles. The molecule has 2 aromatic carbocycles. The van der Waals surface area contributed by atoms with E-state index >= 15 is 0 Å². The molecule has 1 aliphatic rings. The number of hydrogen-bond donors (Lipinski definition) is 1. The summed E-state index contributed by atoms with van der Waals surface area (Å²) in [6.07, 6.45) is 2.62. The molecule has 0 saturated carbocycles. The summed E-state index contributed by atoms with van der Waals surface area (Å²) >= 11 is 0. The van der Waals surface area contributed by atoms with E-state index < -0.39 is 5.91 Å². The van der Waals surface area contributed by atoms with Crippen LogP contribution in [0.15, 0.2) is 84.1 Å². The van der Waals surface area contributed by atoms with E-state index in [1.807, 2.05) is 55.5 Å². The molecule has 3 amide bonds. The number of rotatable bonds is 6. The van der Waals surface area contributed by atoms with Gasteiger partial charge in [0.25, 0.3) is 11.8 Å². The Morgan fingerprint density at radius 1 is 1.00 bits per heavy atom. The first-order chi connectivity index (χ1) is 17.9. The van der Waals surface area contributed by atoms with Gasteiger partial charge in [-0.25, -0.2) is 4.98 Å². The molecule has 0 fully saturated rings. The predicted octanol–water partition coefficient (Wildman–Crippen LogP) is 3.72. The van der Waals surface area contributed by atoms with Gasteiger partial charge in [0.1, 0.15) is 17.3 Å². The van der Waals surface area contributed by atoms with Gasteiger partial charge in [-0.15, -0.1) is 0 Å². The Labute approximate surface area is 214 Å². The monoisotopic (exact) mass is 494 g/mol. The average Bonchev–Trinajstić information content (AvgIpc) is 3.45. The van der Waals surface area contributed by atoms with E-state index in [1.165, 1.54) is 5.01 Å². The Morgan fingerprint density at radius 3 is 2.43 bits per heavy atom. The van der Waals surface area contributed by atoms with Crippen molar-refractivity contribution in [2.24, 2.45) is 5.10 Å². The molecule has 0 radical (unpaired) electrons. The number of hydrogen-bond acceptors (Lipinski definition) is 5. The number of benzene rings is 2. The molecule has 2 aromatic heterocycles. The predicted molar refractivity (Wildman–Crippen MR) is 142 cm³/mol. The zero-order chi connectivity index (χ0) is 25.9. The van der Waals surface area contributed by atoms with Crippen LogP contribution in [0, 0.1) is 6.92 Å².